The molecule has 0 radical (unpaired) electrons. The highest BCUT2D eigenvalue weighted by Crippen LogP contribution is 2.34. The van der Waals surface area contributed by atoms with E-state index in [0.717, 1.165) is 0 Å². The Morgan fingerprint density at radius 1 is 1.40 bits per heavy atom. The minimum atomic E-state index is -1.11. The van der Waals surface area contributed by atoms with Crippen LogP contribution in [0.1, 0.15) is 5.56 Å². The monoisotopic (exact) mass is 460 g/mol. The summed E-state index contributed by atoms with van der Waals surface area (Å²) in [5, 5.41) is 20.5. The zero-order valence-electron chi connectivity index (χ0n) is 13.7. The number of methoxy groups -OCH3 is 2. The lowest BCUT2D eigenvalue weighted by Gasteiger charge is -2.12. The number of amides is 1. The molecule has 0 saturated carbocycles. The van der Waals surface area contributed by atoms with E-state index in [9.17, 15) is 14.9 Å². The summed E-state index contributed by atoms with van der Waals surface area (Å²) in [6, 6.07) is 5.05. The highest BCUT2D eigenvalue weighted by molar-refractivity contribution is 14.1. The van der Waals surface area contributed by atoms with Gasteiger partial charge < -0.3 is 24.6 Å². The van der Waals surface area contributed by atoms with E-state index in [1.807, 2.05) is 28.7 Å². The van der Waals surface area contributed by atoms with Gasteiger partial charge in [0, 0.05) is 13.7 Å². The van der Waals surface area contributed by atoms with Crippen molar-refractivity contribution in [1.82, 2.24) is 5.32 Å². The van der Waals surface area contributed by atoms with Crippen LogP contribution in [0, 0.1) is 14.9 Å². The van der Waals surface area contributed by atoms with Gasteiger partial charge in [0.1, 0.15) is 11.6 Å². The highest BCUT2D eigenvalue weighted by Gasteiger charge is 2.14. The topological polar surface area (TPSA) is 118 Å². The van der Waals surface area contributed by atoms with Crippen molar-refractivity contribution in [3.8, 4) is 17.6 Å². The molecule has 8 nitrogen and oxygen atoms in total. The number of rotatable bonds is 9. The summed E-state index contributed by atoms with van der Waals surface area (Å²) in [7, 11) is 2.92. The average molecular weight is 460 g/mol. The van der Waals surface area contributed by atoms with Crippen LogP contribution in [0.2, 0.25) is 0 Å². The number of halogens is 1. The second-order valence-electron chi connectivity index (χ2n) is 4.64. The van der Waals surface area contributed by atoms with E-state index in [-0.39, 0.29) is 17.9 Å². The van der Waals surface area contributed by atoms with Crippen molar-refractivity contribution >= 4 is 40.5 Å². The lowest BCUT2D eigenvalue weighted by molar-refractivity contribution is -0.139. The second kappa shape index (κ2) is 10.5. The fourth-order valence-electron chi connectivity index (χ4n) is 1.77. The molecule has 2 N–H and O–H groups in total. The minimum absolute atomic E-state index is 0.0758. The van der Waals surface area contributed by atoms with Gasteiger partial charge in [0.25, 0.3) is 5.91 Å². The highest BCUT2D eigenvalue weighted by atomic mass is 127. The number of carbonyl (C=O) groups is 2. The summed E-state index contributed by atoms with van der Waals surface area (Å²) in [4.78, 5) is 22.6. The number of hydrogen-bond acceptors (Lipinski definition) is 6. The molecule has 0 saturated heterocycles. The lowest BCUT2D eigenvalue weighted by atomic mass is 10.1. The van der Waals surface area contributed by atoms with Gasteiger partial charge >= 0.3 is 5.97 Å². The Bertz CT molecular complexity index is 711. The molecule has 25 heavy (non-hydrogen) atoms. The first-order valence-electron chi connectivity index (χ1n) is 7.04. The fourth-order valence-corrected chi connectivity index (χ4v) is 2.56. The summed E-state index contributed by atoms with van der Waals surface area (Å²) in [6.45, 7) is 0.121. The number of carbonyl (C=O) groups excluding carboxylic acids is 1. The third kappa shape index (κ3) is 6.60. The zero-order chi connectivity index (χ0) is 18.8. The summed E-state index contributed by atoms with van der Waals surface area (Å²) in [6.07, 6.45) is 1.41. The van der Waals surface area contributed by atoms with Crippen LogP contribution in [-0.4, -0.2) is 51.0 Å². The average Bonchev–Trinajstić information content (AvgIpc) is 2.58. The first-order valence-corrected chi connectivity index (χ1v) is 8.11. The number of nitrogens with zero attached hydrogens (tertiary/aromatic N) is 1. The predicted molar refractivity (Wildman–Crippen MR) is 97.3 cm³/mol. The van der Waals surface area contributed by atoms with Crippen molar-refractivity contribution in [3.05, 3.63) is 26.8 Å². The van der Waals surface area contributed by atoms with Crippen molar-refractivity contribution in [2.24, 2.45) is 0 Å². The molecular weight excluding hydrogens is 443 g/mol. The van der Waals surface area contributed by atoms with Gasteiger partial charge in [0.05, 0.1) is 17.3 Å². The van der Waals surface area contributed by atoms with Gasteiger partial charge in [-0.1, -0.05) is 0 Å². The Kier molecular flexibility index (Phi) is 8.73. The fraction of sp³-hybridized carbons (Fsp3) is 0.312. The van der Waals surface area contributed by atoms with Gasteiger partial charge in [-0.3, -0.25) is 4.79 Å². The lowest BCUT2D eigenvalue weighted by Crippen LogP contribution is -2.27. The molecule has 0 unspecified atom stereocenters. The Morgan fingerprint density at radius 3 is 2.68 bits per heavy atom. The van der Waals surface area contributed by atoms with Gasteiger partial charge in [0.2, 0.25) is 0 Å². The van der Waals surface area contributed by atoms with Gasteiger partial charge in [-0.05, 0) is 46.4 Å². The van der Waals surface area contributed by atoms with Crippen molar-refractivity contribution in [2.45, 2.75) is 0 Å². The van der Waals surface area contributed by atoms with Gasteiger partial charge in [-0.2, -0.15) is 5.26 Å². The van der Waals surface area contributed by atoms with E-state index in [1.54, 1.807) is 12.1 Å². The maximum Gasteiger partial charge on any atom is 0.341 e. The summed E-state index contributed by atoms with van der Waals surface area (Å²) < 4.78 is 15.8. The van der Waals surface area contributed by atoms with E-state index in [1.165, 1.54) is 20.3 Å². The van der Waals surface area contributed by atoms with Crippen LogP contribution in [-0.2, 0) is 14.3 Å². The molecule has 0 heterocycles. The maximum absolute atomic E-state index is 12.0. The van der Waals surface area contributed by atoms with Gasteiger partial charge in [-0.15, -0.1) is 0 Å². The van der Waals surface area contributed by atoms with Crippen molar-refractivity contribution in [2.75, 3.05) is 34.0 Å². The predicted octanol–water partition coefficient (Wildman–Crippen LogP) is 1.43. The quantitative estimate of drug-likeness (QED) is 0.248. The van der Waals surface area contributed by atoms with E-state index < -0.39 is 18.5 Å². The smallest absolute Gasteiger partial charge is 0.341 e. The number of nitrogens with one attached hydrogen (secondary N) is 1. The first-order chi connectivity index (χ1) is 11.9. The van der Waals surface area contributed by atoms with Crippen LogP contribution < -0.4 is 14.8 Å². The number of nitriles is 1. The molecule has 1 rings (SSSR count). The molecule has 0 spiro atoms. The third-order valence-corrected chi connectivity index (χ3v) is 3.66. The number of ether oxygens (including phenoxy) is 3. The van der Waals surface area contributed by atoms with Crippen LogP contribution in [0.4, 0.5) is 0 Å². The van der Waals surface area contributed by atoms with Crippen molar-refractivity contribution in [1.29, 1.82) is 5.26 Å². The maximum atomic E-state index is 12.0. The number of carboxylic acid groups (broad SMARTS) is 1. The molecule has 1 amide bonds. The third-order valence-electron chi connectivity index (χ3n) is 2.86. The van der Waals surface area contributed by atoms with E-state index in [4.69, 9.17) is 19.3 Å². The Labute approximate surface area is 158 Å². The van der Waals surface area contributed by atoms with Crippen LogP contribution in [0.3, 0.4) is 0 Å². The molecule has 1 aromatic carbocycles. The largest absolute Gasteiger partial charge is 0.493 e. The summed E-state index contributed by atoms with van der Waals surface area (Å²) in [5.74, 6) is -1.04. The molecule has 0 fully saturated rings. The van der Waals surface area contributed by atoms with E-state index in [2.05, 4.69) is 5.32 Å². The van der Waals surface area contributed by atoms with Gasteiger partial charge in [-0.25, -0.2) is 4.79 Å². The minimum Gasteiger partial charge on any atom is -0.493 e. The first kappa shape index (κ1) is 20.7. The molecule has 0 aliphatic rings. The summed E-state index contributed by atoms with van der Waals surface area (Å²) >= 11 is 1.96. The van der Waals surface area contributed by atoms with E-state index >= 15 is 0 Å². The molecule has 134 valence electrons. The van der Waals surface area contributed by atoms with E-state index in [0.29, 0.717) is 21.5 Å². The second-order valence-corrected chi connectivity index (χ2v) is 5.80. The SMILES string of the molecule is COCCNC(=O)/C(C#N)=C/c1cc(I)c(OCC(=O)O)c(OC)c1. The van der Waals surface area contributed by atoms with Crippen LogP contribution in [0.15, 0.2) is 17.7 Å². The van der Waals surface area contributed by atoms with Crippen LogP contribution >= 0.6 is 22.6 Å². The molecule has 0 aliphatic carbocycles. The summed E-state index contributed by atoms with van der Waals surface area (Å²) in [5.41, 5.74) is 0.468. The molecular formula is C16H17IN2O6. The van der Waals surface area contributed by atoms with Crippen LogP contribution in [0.5, 0.6) is 11.5 Å². The standard InChI is InChI=1S/C16H17IN2O6/c1-23-4-3-19-16(22)11(8-18)5-10-6-12(17)15(13(7-10)24-2)25-9-14(20)21/h5-7H,3-4,9H2,1-2H3,(H,19,22)(H,20,21)/b11-5+. The Hall–Kier alpha value is -2.32. The molecule has 0 aliphatic heterocycles. The number of carboxylic acids is 1. The Morgan fingerprint density at radius 2 is 2.12 bits per heavy atom. The van der Waals surface area contributed by atoms with Gasteiger partial charge in [0.15, 0.2) is 18.1 Å². The number of benzene rings is 1. The number of hydrogen-bond donors (Lipinski definition) is 2. The molecule has 0 aromatic heterocycles. The molecule has 1 aromatic rings. The zero-order valence-corrected chi connectivity index (χ0v) is 15.8. The molecule has 0 atom stereocenters. The normalized spacial score (nSPS) is 10.7. The molecule has 9 heteroatoms. The Balaban J connectivity index is 3.07. The van der Waals surface area contributed by atoms with Crippen molar-refractivity contribution in [3.63, 3.8) is 0 Å². The van der Waals surface area contributed by atoms with Crippen LogP contribution in [0.25, 0.3) is 6.08 Å². The van der Waals surface area contributed by atoms with Crippen molar-refractivity contribution < 1.29 is 28.9 Å². The number of aliphatic carboxylic acids is 1. The molecule has 0 bridgehead atoms.